The summed E-state index contributed by atoms with van der Waals surface area (Å²) in [7, 11) is 3.42. The first-order valence-electron chi connectivity index (χ1n) is 8.78. The summed E-state index contributed by atoms with van der Waals surface area (Å²) in [5.74, 6) is 1.85. The van der Waals surface area contributed by atoms with Crippen LogP contribution in [0.25, 0.3) is 0 Å². The molecule has 0 amide bonds. The predicted molar refractivity (Wildman–Crippen MR) is 98.0 cm³/mol. The second-order valence-electron chi connectivity index (χ2n) is 6.60. The molecule has 3 rings (SSSR count). The average molecular weight is 325 g/mol. The highest BCUT2D eigenvalue weighted by Gasteiger charge is 2.21. The molecule has 1 N–H and O–H groups in total. The van der Waals surface area contributed by atoms with E-state index in [4.69, 9.17) is 9.47 Å². The van der Waals surface area contributed by atoms with E-state index in [9.17, 15) is 0 Å². The summed E-state index contributed by atoms with van der Waals surface area (Å²) in [6, 6.07) is 18.0. The third-order valence-electron chi connectivity index (χ3n) is 4.86. The Morgan fingerprint density at radius 3 is 1.54 bits per heavy atom. The van der Waals surface area contributed by atoms with E-state index in [0.29, 0.717) is 12.1 Å². The number of piperidine rings is 1. The van der Waals surface area contributed by atoms with Crippen LogP contribution in [0.3, 0.4) is 0 Å². The fourth-order valence-corrected chi connectivity index (χ4v) is 3.52. The van der Waals surface area contributed by atoms with Crippen molar-refractivity contribution in [3.05, 3.63) is 59.7 Å². The zero-order chi connectivity index (χ0) is 16.8. The van der Waals surface area contributed by atoms with E-state index in [1.54, 1.807) is 14.2 Å². The lowest BCUT2D eigenvalue weighted by atomic mass is 9.91. The van der Waals surface area contributed by atoms with E-state index < -0.39 is 0 Å². The summed E-state index contributed by atoms with van der Waals surface area (Å²) in [5, 5.41) is 3.85. The summed E-state index contributed by atoms with van der Waals surface area (Å²) in [6.07, 6.45) is 5.98. The molecule has 1 heterocycles. The smallest absolute Gasteiger partial charge is 0.118 e. The first-order chi connectivity index (χ1) is 11.8. The lowest BCUT2D eigenvalue weighted by Crippen LogP contribution is -2.44. The molecule has 0 aliphatic carbocycles. The topological polar surface area (TPSA) is 30.5 Å². The van der Waals surface area contributed by atoms with Gasteiger partial charge in [0.15, 0.2) is 0 Å². The van der Waals surface area contributed by atoms with Gasteiger partial charge in [-0.1, -0.05) is 30.7 Å². The minimum absolute atomic E-state index is 0.565. The average Bonchev–Trinajstić information content (AvgIpc) is 2.63. The maximum atomic E-state index is 5.23. The Morgan fingerprint density at radius 2 is 1.17 bits per heavy atom. The maximum absolute atomic E-state index is 5.23. The third-order valence-corrected chi connectivity index (χ3v) is 4.86. The Hall–Kier alpha value is -2.00. The molecule has 1 aliphatic rings. The molecule has 0 radical (unpaired) electrons. The van der Waals surface area contributed by atoms with Crippen molar-refractivity contribution in [2.75, 3.05) is 14.2 Å². The molecule has 2 atom stereocenters. The van der Waals surface area contributed by atoms with Crippen LogP contribution in [-0.2, 0) is 12.8 Å². The Balaban J connectivity index is 1.54. The molecule has 3 nitrogen and oxygen atoms in total. The SMILES string of the molecule is COc1ccc(C[C@H]2CCC[C@@H](Cc3ccc(OC)cc3)N2)cc1. The molecule has 0 aromatic heterocycles. The summed E-state index contributed by atoms with van der Waals surface area (Å²) >= 11 is 0. The first kappa shape index (κ1) is 16.8. The van der Waals surface area contributed by atoms with Gasteiger partial charge in [0.1, 0.15) is 11.5 Å². The summed E-state index contributed by atoms with van der Waals surface area (Å²) in [4.78, 5) is 0. The zero-order valence-electron chi connectivity index (χ0n) is 14.6. The highest BCUT2D eigenvalue weighted by molar-refractivity contribution is 5.29. The second kappa shape index (κ2) is 8.20. The highest BCUT2D eigenvalue weighted by Crippen LogP contribution is 2.21. The minimum Gasteiger partial charge on any atom is -0.497 e. The maximum Gasteiger partial charge on any atom is 0.118 e. The normalized spacial score (nSPS) is 20.6. The van der Waals surface area contributed by atoms with Crippen molar-refractivity contribution in [3.63, 3.8) is 0 Å². The van der Waals surface area contributed by atoms with Crippen molar-refractivity contribution in [1.29, 1.82) is 0 Å². The molecule has 1 aliphatic heterocycles. The summed E-state index contributed by atoms with van der Waals surface area (Å²) in [6.45, 7) is 0. The van der Waals surface area contributed by atoms with Crippen LogP contribution in [0.5, 0.6) is 11.5 Å². The third kappa shape index (κ3) is 4.51. The van der Waals surface area contributed by atoms with Gasteiger partial charge in [-0.15, -0.1) is 0 Å². The van der Waals surface area contributed by atoms with Crippen molar-refractivity contribution in [3.8, 4) is 11.5 Å². The van der Waals surface area contributed by atoms with Crippen LogP contribution in [0.15, 0.2) is 48.5 Å². The van der Waals surface area contributed by atoms with E-state index in [0.717, 1.165) is 24.3 Å². The van der Waals surface area contributed by atoms with Crippen molar-refractivity contribution in [2.24, 2.45) is 0 Å². The molecule has 2 aromatic carbocycles. The van der Waals surface area contributed by atoms with Crippen LogP contribution < -0.4 is 14.8 Å². The Kier molecular flexibility index (Phi) is 5.76. The summed E-state index contributed by atoms with van der Waals surface area (Å²) < 4.78 is 10.5. The highest BCUT2D eigenvalue weighted by atomic mass is 16.5. The molecule has 0 saturated carbocycles. The van der Waals surface area contributed by atoms with E-state index in [2.05, 4.69) is 29.6 Å². The van der Waals surface area contributed by atoms with E-state index in [1.807, 2.05) is 24.3 Å². The molecule has 128 valence electrons. The number of hydrogen-bond donors (Lipinski definition) is 1. The van der Waals surface area contributed by atoms with Gasteiger partial charge >= 0.3 is 0 Å². The Morgan fingerprint density at radius 1 is 0.750 bits per heavy atom. The largest absolute Gasteiger partial charge is 0.497 e. The molecule has 0 spiro atoms. The van der Waals surface area contributed by atoms with E-state index in [-0.39, 0.29) is 0 Å². The fourth-order valence-electron chi connectivity index (χ4n) is 3.52. The predicted octanol–water partition coefficient (Wildman–Crippen LogP) is 4.00. The molecule has 3 heteroatoms. The van der Waals surface area contributed by atoms with Crippen molar-refractivity contribution in [1.82, 2.24) is 5.32 Å². The zero-order valence-corrected chi connectivity index (χ0v) is 14.6. The van der Waals surface area contributed by atoms with Crippen molar-refractivity contribution >= 4 is 0 Å². The van der Waals surface area contributed by atoms with Gasteiger partial charge in [0.2, 0.25) is 0 Å². The monoisotopic (exact) mass is 325 g/mol. The van der Waals surface area contributed by atoms with Gasteiger partial charge in [0, 0.05) is 12.1 Å². The van der Waals surface area contributed by atoms with Gasteiger partial charge in [0.25, 0.3) is 0 Å². The molecule has 1 fully saturated rings. The number of nitrogens with one attached hydrogen (secondary N) is 1. The minimum atomic E-state index is 0.565. The van der Waals surface area contributed by atoms with Crippen LogP contribution in [0.4, 0.5) is 0 Å². The lowest BCUT2D eigenvalue weighted by Gasteiger charge is -2.31. The number of rotatable bonds is 6. The molecule has 2 aromatic rings. The lowest BCUT2D eigenvalue weighted by molar-refractivity contribution is 0.316. The second-order valence-corrected chi connectivity index (χ2v) is 6.60. The number of ether oxygens (including phenoxy) is 2. The quantitative estimate of drug-likeness (QED) is 0.871. The van der Waals surface area contributed by atoms with Crippen LogP contribution in [-0.4, -0.2) is 26.3 Å². The van der Waals surface area contributed by atoms with Crippen LogP contribution in [0, 0.1) is 0 Å². The molecule has 0 bridgehead atoms. The van der Waals surface area contributed by atoms with E-state index >= 15 is 0 Å². The standard InChI is InChI=1S/C21H27NO2/c1-23-20-10-6-16(7-11-20)14-18-4-3-5-19(22-18)15-17-8-12-21(24-2)13-9-17/h6-13,18-19,22H,3-5,14-15H2,1-2H3/t18-,19+. The van der Waals surface area contributed by atoms with Crippen LogP contribution in [0.2, 0.25) is 0 Å². The van der Waals surface area contributed by atoms with Gasteiger partial charge in [-0.3, -0.25) is 0 Å². The van der Waals surface area contributed by atoms with Gasteiger partial charge in [-0.25, -0.2) is 0 Å². The first-order valence-corrected chi connectivity index (χ1v) is 8.78. The molecule has 0 unspecified atom stereocenters. The van der Waals surface area contributed by atoms with Gasteiger partial charge in [0.05, 0.1) is 14.2 Å². The summed E-state index contributed by atoms with van der Waals surface area (Å²) in [5.41, 5.74) is 2.75. The van der Waals surface area contributed by atoms with Gasteiger partial charge in [-0.05, 0) is 61.1 Å². The fraction of sp³-hybridized carbons (Fsp3) is 0.429. The van der Waals surface area contributed by atoms with E-state index in [1.165, 1.54) is 30.4 Å². The van der Waals surface area contributed by atoms with Crippen molar-refractivity contribution < 1.29 is 9.47 Å². The number of methoxy groups -OCH3 is 2. The molecule has 1 saturated heterocycles. The van der Waals surface area contributed by atoms with Crippen LogP contribution >= 0.6 is 0 Å². The molecular formula is C21H27NO2. The number of hydrogen-bond acceptors (Lipinski definition) is 3. The van der Waals surface area contributed by atoms with Gasteiger partial charge in [-0.2, -0.15) is 0 Å². The molecular weight excluding hydrogens is 298 g/mol. The van der Waals surface area contributed by atoms with Crippen molar-refractivity contribution in [2.45, 2.75) is 44.2 Å². The molecule has 24 heavy (non-hydrogen) atoms. The Bertz CT molecular complexity index is 566. The van der Waals surface area contributed by atoms with Gasteiger partial charge < -0.3 is 14.8 Å². The number of benzene rings is 2. The van der Waals surface area contributed by atoms with Crippen LogP contribution in [0.1, 0.15) is 30.4 Å². The Labute approximate surface area is 145 Å².